The lowest BCUT2D eigenvalue weighted by Crippen LogP contribution is -2.60. The summed E-state index contributed by atoms with van der Waals surface area (Å²) in [5, 5.41) is 76.6. The first-order chi connectivity index (χ1) is 41.7. The molecule has 85 heavy (non-hydrogen) atoms. The number of hydrogen-bond acceptors (Lipinski definition) is 10. The summed E-state index contributed by atoms with van der Waals surface area (Å²) in [6.07, 6.45) is 68.5. The van der Waals surface area contributed by atoms with Gasteiger partial charge in [-0.2, -0.15) is 0 Å². The van der Waals surface area contributed by atoms with Crippen molar-refractivity contribution in [2.45, 2.75) is 428 Å². The smallest absolute Gasteiger partial charge is 0.249 e. The molecule has 0 aromatic rings. The third kappa shape index (κ3) is 50.0. The second-order valence-corrected chi connectivity index (χ2v) is 26.4. The molecule has 1 aliphatic rings. The fourth-order valence-corrected chi connectivity index (χ4v) is 12.3. The van der Waals surface area contributed by atoms with Gasteiger partial charge in [0.05, 0.1) is 25.4 Å². The van der Waals surface area contributed by atoms with Crippen LogP contribution in [0.5, 0.6) is 0 Å². The second kappa shape index (κ2) is 62.8. The van der Waals surface area contributed by atoms with E-state index < -0.39 is 74.2 Å². The predicted octanol–water partition coefficient (Wildman–Crippen LogP) is 18.4. The quantitative estimate of drug-likeness (QED) is 0.0215. The van der Waals surface area contributed by atoms with E-state index in [1.807, 2.05) is 0 Å². The van der Waals surface area contributed by atoms with Crippen molar-refractivity contribution in [2.24, 2.45) is 0 Å². The van der Waals surface area contributed by atoms with E-state index in [-0.39, 0.29) is 12.8 Å². The Kier molecular flexibility index (Phi) is 60.3. The number of ether oxygens (including phenoxy) is 2. The van der Waals surface area contributed by atoms with Crippen LogP contribution in [-0.4, -0.2) is 110 Å². The van der Waals surface area contributed by atoms with Gasteiger partial charge in [0, 0.05) is 0 Å². The van der Waals surface area contributed by atoms with Crippen LogP contribution in [0, 0.1) is 0 Å². The molecule has 1 amide bonds. The minimum absolute atomic E-state index is 0.256. The van der Waals surface area contributed by atoms with Crippen LogP contribution in [-0.2, 0) is 14.3 Å². The lowest BCUT2D eigenvalue weighted by molar-refractivity contribution is -0.303. The number of unbranched alkanes of at least 4 members (excludes halogenated alkanes) is 50. The molecule has 9 atom stereocenters. The molecule has 8 N–H and O–H groups in total. The minimum atomic E-state index is -1.67. The Morgan fingerprint density at radius 1 is 0.400 bits per heavy atom. The number of nitrogens with one attached hydrogen (secondary N) is 1. The Balaban J connectivity index is 2.19. The topological polar surface area (TPSA) is 189 Å². The number of carbonyl (C=O) groups excluding carboxylic acids is 1. The number of amides is 1. The molecule has 11 heteroatoms. The maximum Gasteiger partial charge on any atom is 0.249 e. The molecule has 0 aromatic heterocycles. The van der Waals surface area contributed by atoms with Gasteiger partial charge in [-0.15, -0.1) is 0 Å². The summed E-state index contributed by atoms with van der Waals surface area (Å²) in [6, 6.07) is -1.19. The van der Waals surface area contributed by atoms with Crippen molar-refractivity contribution in [2.75, 3.05) is 13.2 Å². The molecule has 1 aliphatic heterocycles. The molecule has 0 saturated carbocycles. The lowest BCUT2D eigenvalue weighted by atomic mass is 9.98. The number of rotatable bonds is 66. The number of aliphatic hydroxyl groups is 7. The van der Waals surface area contributed by atoms with Crippen LogP contribution in [0.3, 0.4) is 0 Å². The second-order valence-electron chi connectivity index (χ2n) is 26.4. The van der Waals surface area contributed by atoms with Crippen LogP contribution in [0.1, 0.15) is 373 Å². The van der Waals surface area contributed by atoms with Crippen LogP contribution in [0.2, 0.25) is 0 Å². The van der Waals surface area contributed by atoms with Crippen molar-refractivity contribution in [3.8, 4) is 0 Å². The Morgan fingerprint density at radius 3 is 1.01 bits per heavy atom. The maximum absolute atomic E-state index is 13.3. The molecule has 9 unspecified atom stereocenters. The Hall–Kier alpha value is -1.41. The number of carbonyl (C=O) groups is 1. The molecule has 0 radical (unpaired) electrons. The number of hydrogen-bond donors (Lipinski definition) is 8. The molecule has 0 spiro atoms. The summed E-state index contributed by atoms with van der Waals surface area (Å²) in [7, 11) is 0. The van der Waals surface area contributed by atoms with Crippen molar-refractivity contribution in [3.05, 3.63) is 24.3 Å². The molecule has 0 aliphatic carbocycles. The van der Waals surface area contributed by atoms with Gasteiger partial charge in [0.15, 0.2) is 6.29 Å². The van der Waals surface area contributed by atoms with E-state index in [9.17, 15) is 40.5 Å². The first-order valence-corrected chi connectivity index (χ1v) is 37.2. The van der Waals surface area contributed by atoms with E-state index in [0.29, 0.717) is 12.8 Å². The summed E-state index contributed by atoms with van der Waals surface area (Å²) >= 11 is 0. The van der Waals surface area contributed by atoms with Crippen molar-refractivity contribution in [1.82, 2.24) is 5.32 Å². The van der Waals surface area contributed by atoms with Crippen molar-refractivity contribution in [3.63, 3.8) is 0 Å². The van der Waals surface area contributed by atoms with Gasteiger partial charge >= 0.3 is 0 Å². The van der Waals surface area contributed by atoms with Gasteiger partial charge in [-0.1, -0.05) is 334 Å². The van der Waals surface area contributed by atoms with E-state index in [1.54, 1.807) is 0 Å². The summed E-state index contributed by atoms with van der Waals surface area (Å²) in [5.74, 6) is -0.700. The van der Waals surface area contributed by atoms with Gasteiger partial charge in [-0.25, -0.2) is 0 Å². The molecule has 0 aromatic carbocycles. The zero-order chi connectivity index (χ0) is 61.7. The average Bonchev–Trinajstić information content (AvgIpc) is 3.70. The zero-order valence-corrected chi connectivity index (χ0v) is 55.9. The fourth-order valence-electron chi connectivity index (χ4n) is 12.3. The molecule has 0 bridgehead atoms. The lowest BCUT2D eigenvalue weighted by Gasteiger charge is -2.40. The van der Waals surface area contributed by atoms with Gasteiger partial charge in [0.1, 0.15) is 36.6 Å². The molecular formula is C74H143NO10. The average molecular weight is 1210 g/mol. The number of aliphatic hydroxyl groups excluding tert-OH is 7. The predicted molar refractivity (Wildman–Crippen MR) is 358 cm³/mol. The van der Waals surface area contributed by atoms with Gasteiger partial charge in [0.25, 0.3) is 0 Å². The third-order valence-electron chi connectivity index (χ3n) is 18.2. The van der Waals surface area contributed by atoms with Crippen LogP contribution < -0.4 is 5.32 Å². The molecular weight excluding hydrogens is 1060 g/mol. The summed E-state index contributed by atoms with van der Waals surface area (Å²) in [4.78, 5) is 13.3. The van der Waals surface area contributed by atoms with Crippen LogP contribution in [0.15, 0.2) is 24.3 Å². The molecule has 11 nitrogen and oxygen atoms in total. The Bertz CT molecular complexity index is 1430. The minimum Gasteiger partial charge on any atom is -0.394 e. The van der Waals surface area contributed by atoms with E-state index in [2.05, 4.69) is 43.5 Å². The Labute approximate surface area is 524 Å². The summed E-state index contributed by atoms with van der Waals surface area (Å²) in [5.41, 5.74) is 0. The highest BCUT2D eigenvalue weighted by molar-refractivity contribution is 5.80. The molecule has 1 fully saturated rings. The van der Waals surface area contributed by atoms with E-state index in [1.165, 1.54) is 295 Å². The highest BCUT2D eigenvalue weighted by atomic mass is 16.7. The molecule has 1 heterocycles. The number of allylic oxidation sites excluding steroid dienone is 4. The first kappa shape index (κ1) is 81.6. The maximum atomic E-state index is 13.3. The van der Waals surface area contributed by atoms with Crippen molar-refractivity contribution in [1.29, 1.82) is 0 Å². The standard InChI is InChI=1S/C74H143NO10/c1-3-5-7-9-11-13-15-17-19-21-23-25-27-29-31-33-34-36-37-39-41-43-45-47-49-51-53-55-57-59-61-66(77)69(79)65(64-84-74-72(82)71(81)70(80)68(63-76)85-74)75-73(83)67(78)62-60-58-56-54-52-50-48-46-44-42-40-38-35-32-30-28-26-24-22-20-18-16-14-12-10-8-6-4-2/h30,32,53,55,65-72,74,76-82H,3-29,31,33-52,54,56-64H2,1-2H3,(H,75,83)/b32-30-,55-53+. The monoisotopic (exact) mass is 1210 g/mol. The highest BCUT2D eigenvalue weighted by Gasteiger charge is 2.44. The SMILES string of the molecule is CCCCCCCCCCCCCC/C=C\CCCCCCCCCCCCCCC(O)C(=O)NC(COC1OC(CO)C(O)C(O)C1O)C(O)C(O)CCC/C=C/CCCCCCCCCCCCCCCCCCCCCCCCCCC. The normalized spacial score (nSPS) is 18.9. The van der Waals surface area contributed by atoms with E-state index >= 15 is 0 Å². The largest absolute Gasteiger partial charge is 0.394 e. The van der Waals surface area contributed by atoms with Gasteiger partial charge in [-0.05, 0) is 64.2 Å². The van der Waals surface area contributed by atoms with Crippen molar-refractivity contribution >= 4 is 5.91 Å². The summed E-state index contributed by atoms with van der Waals surface area (Å²) in [6.45, 7) is 3.51. The van der Waals surface area contributed by atoms with Gasteiger partial charge in [0.2, 0.25) is 5.91 Å². The molecule has 1 saturated heterocycles. The highest BCUT2D eigenvalue weighted by Crippen LogP contribution is 2.24. The van der Waals surface area contributed by atoms with Crippen molar-refractivity contribution < 1.29 is 50.0 Å². The summed E-state index contributed by atoms with van der Waals surface area (Å²) < 4.78 is 11.2. The van der Waals surface area contributed by atoms with Gasteiger partial charge < -0.3 is 50.5 Å². The molecule has 1 rings (SSSR count). The van der Waals surface area contributed by atoms with Crippen LogP contribution >= 0.6 is 0 Å². The fraction of sp³-hybridized carbons (Fsp3) is 0.932. The van der Waals surface area contributed by atoms with Gasteiger partial charge in [-0.3, -0.25) is 4.79 Å². The van der Waals surface area contributed by atoms with Crippen LogP contribution in [0.25, 0.3) is 0 Å². The van der Waals surface area contributed by atoms with E-state index in [0.717, 1.165) is 38.5 Å². The van der Waals surface area contributed by atoms with Crippen LogP contribution in [0.4, 0.5) is 0 Å². The first-order valence-electron chi connectivity index (χ1n) is 37.2. The Morgan fingerprint density at radius 2 is 0.694 bits per heavy atom. The van der Waals surface area contributed by atoms with E-state index in [4.69, 9.17) is 9.47 Å². The molecule has 504 valence electrons. The zero-order valence-electron chi connectivity index (χ0n) is 55.9. The third-order valence-corrected chi connectivity index (χ3v) is 18.2.